The van der Waals surface area contributed by atoms with Crippen molar-refractivity contribution in [2.24, 2.45) is 5.92 Å². The Balaban J connectivity index is 1.47. The summed E-state index contributed by atoms with van der Waals surface area (Å²) >= 11 is 0. The second kappa shape index (κ2) is 5.00. The minimum absolute atomic E-state index is 0.0588. The normalized spacial score (nSPS) is 27.0. The standard InChI is InChI=1S/C16H18N4O/c21-16(19-15-8-11-7-14(15)18-9-11)20-6-4-12(10-20)13-3-1-2-5-17-13/h1-6,10-11,14-15,18H,7-9H2,(H,19,21). The first-order valence-corrected chi connectivity index (χ1v) is 7.43. The third-order valence-electron chi connectivity index (χ3n) is 4.53. The van der Waals surface area contributed by atoms with Crippen LogP contribution in [0.2, 0.25) is 0 Å². The highest BCUT2D eigenvalue weighted by Gasteiger charge is 2.40. The Labute approximate surface area is 123 Å². The van der Waals surface area contributed by atoms with E-state index in [1.807, 2.05) is 30.5 Å². The van der Waals surface area contributed by atoms with Crippen LogP contribution in [0.5, 0.6) is 0 Å². The number of piperidine rings is 1. The monoisotopic (exact) mass is 282 g/mol. The van der Waals surface area contributed by atoms with Crippen molar-refractivity contribution in [1.82, 2.24) is 20.2 Å². The van der Waals surface area contributed by atoms with Crippen LogP contribution in [0, 0.1) is 5.92 Å². The Morgan fingerprint density at radius 3 is 3.00 bits per heavy atom. The number of fused-ring (bicyclic) bond motifs is 2. The molecule has 5 heteroatoms. The fraction of sp³-hybridized carbons (Fsp3) is 0.375. The Kier molecular flexibility index (Phi) is 3.00. The zero-order valence-electron chi connectivity index (χ0n) is 11.7. The fourth-order valence-corrected chi connectivity index (χ4v) is 3.45. The summed E-state index contributed by atoms with van der Waals surface area (Å²) in [5.41, 5.74) is 1.84. The molecule has 0 aromatic carbocycles. The molecule has 2 bridgehead atoms. The van der Waals surface area contributed by atoms with Crippen molar-refractivity contribution >= 4 is 6.03 Å². The summed E-state index contributed by atoms with van der Waals surface area (Å²) < 4.78 is 1.61. The molecule has 1 aliphatic carbocycles. The number of aromatic nitrogens is 2. The van der Waals surface area contributed by atoms with E-state index in [1.54, 1.807) is 17.0 Å². The van der Waals surface area contributed by atoms with E-state index in [1.165, 1.54) is 6.42 Å². The molecule has 3 heterocycles. The second-order valence-electron chi connectivity index (χ2n) is 5.93. The van der Waals surface area contributed by atoms with Crippen molar-refractivity contribution in [3.05, 3.63) is 42.9 Å². The number of nitrogens with zero attached hydrogens (tertiary/aromatic N) is 2. The Hall–Kier alpha value is -2.14. The van der Waals surface area contributed by atoms with E-state index in [0.29, 0.717) is 6.04 Å². The summed E-state index contributed by atoms with van der Waals surface area (Å²) in [4.78, 5) is 16.6. The van der Waals surface area contributed by atoms with Gasteiger partial charge in [0.2, 0.25) is 0 Å². The van der Waals surface area contributed by atoms with Gasteiger partial charge in [0.05, 0.1) is 5.69 Å². The van der Waals surface area contributed by atoms with Gasteiger partial charge in [0.1, 0.15) is 0 Å². The number of amides is 1. The molecular weight excluding hydrogens is 264 g/mol. The van der Waals surface area contributed by atoms with Crippen LogP contribution < -0.4 is 10.6 Å². The number of hydrogen-bond donors (Lipinski definition) is 2. The molecule has 1 amide bonds. The lowest BCUT2D eigenvalue weighted by Crippen LogP contribution is -2.48. The third kappa shape index (κ3) is 2.34. The lowest BCUT2D eigenvalue weighted by molar-refractivity contribution is 0.234. The van der Waals surface area contributed by atoms with E-state index in [4.69, 9.17) is 0 Å². The molecule has 1 aliphatic heterocycles. The number of rotatable bonds is 2. The topological polar surface area (TPSA) is 59.0 Å². The van der Waals surface area contributed by atoms with Gasteiger partial charge in [-0.05, 0) is 43.5 Å². The highest BCUT2D eigenvalue weighted by molar-refractivity contribution is 5.79. The van der Waals surface area contributed by atoms with Gasteiger partial charge in [-0.3, -0.25) is 9.55 Å². The summed E-state index contributed by atoms with van der Waals surface area (Å²) in [6, 6.07) is 8.34. The fourth-order valence-electron chi connectivity index (χ4n) is 3.45. The van der Waals surface area contributed by atoms with Crippen molar-refractivity contribution in [1.29, 1.82) is 0 Å². The smallest absolute Gasteiger partial charge is 0.325 e. The van der Waals surface area contributed by atoms with Crippen LogP contribution in [0.4, 0.5) is 4.79 Å². The van der Waals surface area contributed by atoms with Gasteiger partial charge < -0.3 is 10.6 Å². The number of nitrogens with one attached hydrogen (secondary N) is 2. The second-order valence-corrected chi connectivity index (χ2v) is 5.93. The molecule has 3 atom stereocenters. The zero-order chi connectivity index (χ0) is 14.2. The Morgan fingerprint density at radius 1 is 1.33 bits per heavy atom. The molecule has 5 nitrogen and oxygen atoms in total. The van der Waals surface area contributed by atoms with Crippen molar-refractivity contribution in [2.75, 3.05) is 6.54 Å². The summed E-state index contributed by atoms with van der Waals surface area (Å²) in [6.07, 6.45) is 7.67. The van der Waals surface area contributed by atoms with Crippen LogP contribution in [0.25, 0.3) is 11.3 Å². The average molecular weight is 282 g/mol. The maximum atomic E-state index is 12.3. The number of pyridine rings is 1. The Morgan fingerprint density at radius 2 is 2.29 bits per heavy atom. The first-order valence-electron chi connectivity index (χ1n) is 7.43. The van der Waals surface area contributed by atoms with Gasteiger partial charge in [-0.15, -0.1) is 0 Å². The quantitative estimate of drug-likeness (QED) is 0.884. The van der Waals surface area contributed by atoms with Gasteiger partial charge in [0.25, 0.3) is 0 Å². The summed E-state index contributed by atoms with van der Waals surface area (Å²) in [5.74, 6) is 0.731. The van der Waals surface area contributed by atoms with Crippen molar-refractivity contribution in [2.45, 2.75) is 24.9 Å². The number of hydrogen-bond acceptors (Lipinski definition) is 3. The molecule has 2 aromatic heterocycles. The molecule has 1 saturated carbocycles. The van der Waals surface area contributed by atoms with Crippen LogP contribution in [0.1, 0.15) is 12.8 Å². The average Bonchev–Trinajstić information content (AvgIpc) is 3.24. The van der Waals surface area contributed by atoms with Crippen molar-refractivity contribution < 1.29 is 4.79 Å². The molecule has 0 spiro atoms. The molecule has 108 valence electrons. The predicted molar refractivity (Wildman–Crippen MR) is 79.9 cm³/mol. The third-order valence-corrected chi connectivity index (χ3v) is 4.53. The molecule has 2 aromatic rings. The Bertz CT molecular complexity index is 651. The SMILES string of the molecule is O=C(NC1CC2CNC1C2)n1ccc(-c2ccccn2)c1. The van der Waals surface area contributed by atoms with Gasteiger partial charge in [0, 0.05) is 36.2 Å². The van der Waals surface area contributed by atoms with Gasteiger partial charge in [-0.2, -0.15) is 0 Å². The highest BCUT2D eigenvalue weighted by atomic mass is 16.2. The van der Waals surface area contributed by atoms with Crippen molar-refractivity contribution in [3.63, 3.8) is 0 Å². The minimum atomic E-state index is -0.0588. The van der Waals surface area contributed by atoms with Gasteiger partial charge >= 0.3 is 6.03 Å². The van der Waals surface area contributed by atoms with Crippen LogP contribution in [-0.2, 0) is 0 Å². The van der Waals surface area contributed by atoms with E-state index < -0.39 is 0 Å². The zero-order valence-corrected chi connectivity index (χ0v) is 11.7. The lowest BCUT2D eigenvalue weighted by atomic mass is 10.1. The number of carbonyl (C=O) groups excluding carboxylic acids is 1. The van der Waals surface area contributed by atoms with E-state index in [2.05, 4.69) is 15.6 Å². The van der Waals surface area contributed by atoms with E-state index in [0.717, 1.165) is 30.1 Å². The summed E-state index contributed by atoms with van der Waals surface area (Å²) in [7, 11) is 0. The number of carbonyl (C=O) groups is 1. The highest BCUT2D eigenvalue weighted by Crippen LogP contribution is 2.31. The van der Waals surface area contributed by atoms with E-state index in [9.17, 15) is 4.79 Å². The first kappa shape index (κ1) is 12.6. The maximum absolute atomic E-state index is 12.3. The molecule has 21 heavy (non-hydrogen) atoms. The molecule has 2 N–H and O–H groups in total. The van der Waals surface area contributed by atoms with Gasteiger partial charge in [-0.25, -0.2) is 4.79 Å². The van der Waals surface area contributed by atoms with Crippen LogP contribution in [-0.4, -0.2) is 34.2 Å². The summed E-state index contributed by atoms with van der Waals surface area (Å²) in [5, 5.41) is 6.59. The van der Waals surface area contributed by atoms with E-state index in [-0.39, 0.29) is 12.1 Å². The van der Waals surface area contributed by atoms with Crippen LogP contribution >= 0.6 is 0 Å². The van der Waals surface area contributed by atoms with Crippen LogP contribution in [0.15, 0.2) is 42.9 Å². The van der Waals surface area contributed by atoms with E-state index >= 15 is 0 Å². The van der Waals surface area contributed by atoms with Crippen molar-refractivity contribution in [3.8, 4) is 11.3 Å². The van der Waals surface area contributed by atoms with Crippen LogP contribution in [0.3, 0.4) is 0 Å². The van der Waals surface area contributed by atoms with Gasteiger partial charge in [0.15, 0.2) is 0 Å². The first-order chi connectivity index (χ1) is 10.3. The molecule has 2 aliphatic rings. The largest absolute Gasteiger partial charge is 0.333 e. The predicted octanol–water partition coefficient (Wildman–Crippen LogP) is 1.86. The lowest BCUT2D eigenvalue weighted by Gasteiger charge is -2.23. The maximum Gasteiger partial charge on any atom is 0.325 e. The molecule has 2 fully saturated rings. The molecule has 1 saturated heterocycles. The molecule has 0 radical (unpaired) electrons. The molecule has 3 unspecified atom stereocenters. The molecule has 4 rings (SSSR count). The molecular formula is C16H18N4O. The van der Waals surface area contributed by atoms with Gasteiger partial charge in [-0.1, -0.05) is 6.07 Å². The minimum Gasteiger partial charge on any atom is -0.333 e. The summed E-state index contributed by atoms with van der Waals surface area (Å²) in [6.45, 7) is 1.10.